The largest absolute Gasteiger partial charge is 0.481 e. The van der Waals surface area contributed by atoms with E-state index in [9.17, 15) is 4.79 Å². The molecule has 0 saturated heterocycles. The van der Waals surface area contributed by atoms with Crippen LogP contribution in [0.15, 0.2) is 30.3 Å². The highest BCUT2D eigenvalue weighted by atomic mass is 32.1. The third-order valence-corrected chi connectivity index (χ3v) is 3.73. The number of thiazole rings is 1. The first-order chi connectivity index (χ1) is 8.20. The summed E-state index contributed by atoms with van der Waals surface area (Å²) in [5.74, 6) is -0.829. The Balaban J connectivity index is 2.37. The average molecular weight is 247 g/mol. The Hall–Kier alpha value is -1.68. The van der Waals surface area contributed by atoms with Crippen molar-refractivity contribution in [2.24, 2.45) is 0 Å². The van der Waals surface area contributed by atoms with Crippen LogP contribution in [-0.4, -0.2) is 16.1 Å². The molecular weight excluding hydrogens is 234 g/mol. The van der Waals surface area contributed by atoms with Crippen LogP contribution < -0.4 is 0 Å². The van der Waals surface area contributed by atoms with Crippen LogP contribution in [-0.2, 0) is 17.6 Å². The number of benzene rings is 1. The van der Waals surface area contributed by atoms with Crippen LogP contribution in [0.5, 0.6) is 0 Å². The Morgan fingerprint density at radius 2 is 2.06 bits per heavy atom. The molecule has 2 aromatic rings. The lowest BCUT2D eigenvalue weighted by Gasteiger charge is -1.94. The van der Waals surface area contributed by atoms with Crippen molar-refractivity contribution >= 4 is 17.3 Å². The van der Waals surface area contributed by atoms with Crippen molar-refractivity contribution in [1.29, 1.82) is 0 Å². The number of hydrogen-bond donors (Lipinski definition) is 1. The molecule has 0 radical (unpaired) electrons. The maximum Gasteiger partial charge on any atom is 0.309 e. The minimum absolute atomic E-state index is 0.00646. The van der Waals surface area contributed by atoms with Gasteiger partial charge in [-0.25, -0.2) is 4.98 Å². The number of rotatable bonds is 4. The average Bonchev–Trinajstić information content (AvgIpc) is 2.72. The van der Waals surface area contributed by atoms with Gasteiger partial charge in [0.05, 0.1) is 12.1 Å². The number of aliphatic carboxylic acids is 1. The fourth-order valence-corrected chi connectivity index (χ4v) is 2.67. The second-order valence-electron chi connectivity index (χ2n) is 3.68. The van der Waals surface area contributed by atoms with Gasteiger partial charge in [0.15, 0.2) is 0 Å². The summed E-state index contributed by atoms with van der Waals surface area (Å²) < 4.78 is 0. The van der Waals surface area contributed by atoms with Gasteiger partial charge in [0.25, 0.3) is 0 Å². The second-order valence-corrected chi connectivity index (χ2v) is 4.76. The van der Waals surface area contributed by atoms with E-state index in [0.717, 1.165) is 21.9 Å². The zero-order valence-corrected chi connectivity index (χ0v) is 10.3. The van der Waals surface area contributed by atoms with Gasteiger partial charge in [-0.05, 0) is 6.42 Å². The standard InChI is InChI=1S/C13H13NO2S/c1-2-11-10(8-12(15)16)14-13(17-11)9-6-4-3-5-7-9/h3-7H,2,8H2,1H3,(H,15,16). The second kappa shape index (κ2) is 5.10. The molecule has 0 amide bonds. The van der Waals surface area contributed by atoms with E-state index in [1.165, 1.54) is 0 Å². The predicted octanol–water partition coefficient (Wildman–Crippen LogP) is 3.00. The number of aryl methyl sites for hydroxylation is 1. The van der Waals surface area contributed by atoms with E-state index in [1.807, 2.05) is 37.3 Å². The highest BCUT2D eigenvalue weighted by Crippen LogP contribution is 2.28. The number of hydrogen-bond acceptors (Lipinski definition) is 3. The Bertz CT molecular complexity index is 519. The SMILES string of the molecule is CCc1sc(-c2ccccc2)nc1CC(=O)O. The Kier molecular flexibility index (Phi) is 3.54. The van der Waals surface area contributed by atoms with E-state index >= 15 is 0 Å². The molecule has 0 aliphatic rings. The first-order valence-electron chi connectivity index (χ1n) is 5.46. The summed E-state index contributed by atoms with van der Waals surface area (Å²) >= 11 is 1.58. The topological polar surface area (TPSA) is 50.2 Å². The molecule has 0 spiro atoms. The molecule has 1 heterocycles. The minimum atomic E-state index is -0.829. The Morgan fingerprint density at radius 1 is 1.35 bits per heavy atom. The van der Waals surface area contributed by atoms with Gasteiger partial charge in [0, 0.05) is 10.4 Å². The van der Waals surface area contributed by atoms with Gasteiger partial charge in [-0.15, -0.1) is 11.3 Å². The van der Waals surface area contributed by atoms with E-state index in [4.69, 9.17) is 5.11 Å². The lowest BCUT2D eigenvalue weighted by molar-refractivity contribution is -0.136. The smallest absolute Gasteiger partial charge is 0.309 e. The Morgan fingerprint density at radius 3 is 2.65 bits per heavy atom. The van der Waals surface area contributed by atoms with Crippen molar-refractivity contribution < 1.29 is 9.90 Å². The quantitative estimate of drug-likeness (QED) is 0.903. The molecule has 1 N–H and O–H groups in total. The first kappa shape index (κ1) is 11.8. The van der Waals surface area contributed by atoms with Gasteiger partial charge in [-0.3, -0.25) is 4.79 Å². The number of aromatic nitrogens is 1. The lowest BCUT2D eigenvalue weighted by Crippen LogP contribution is -2.02. The molecule has 1 aromatic carbocycles. The van der Waals surface area contributed by atoms with Crippen LogP contribution in [0.4, 0.5) is 0 Å². The van der Waals surface area contributed by atoms with E-state index in [1.54, 1.807) is 11.3 Å². The number of carboxylic acid groups (broad SMARTS) is 1. The van der Waals surface area contributed by atoms with Crippen LogP contribution in [0.1, 0.15) is 17.5 Å². The van der Waals surface area contributed by atoms with Gasteiger partial charge in [-0.2, -0.15) is 0 Å². The summed E-state index contributed by atoms with van der Waals surface area (Å²) in [6.45, 7) is 2.02. The maximum atomic E-state index is 10.7. The van der Waals surface area contributed by atoms with Gasteiger partial charge in [0.2, 0.25) is 0 Å². The fraction of sp³-hybridized carbons (Fsp3) is 0.231. The molecule has 17 heavy (non-hydrogen) atoms. The summed E-state index contributed by atoms with van der Waals surface area (Å²) in [5, 5.41) is 9.73. The molecule has 88 valence electrons. The van der Waals surface area contributed by atoms with Crippen molar-refractivity contribution in [2.75, 3.05) is 0 Å². The summed E-state index contributed by atoms with van der Waals surface area (Å²) in [7, 11) is 0. The van der Waals surface area contributed by atoms with Gasteiger partial charge >= 0.3 is 5.97 Å². The number of nitrogens with zero attached hydrogens (tertiary/aromatic N) is 1. The molecule has 0 atom stereocenters. The van der Waals surface area contributed by atoms with Crippen LogP contribution in [0.2, 0.25) is 0 Å². The van der Waals surface area contributed by atoms with Gasteiger partial charge in [0.1, 0.15) is 5.01 Å². The van der Waals surface area contributed by atoms with Crippen molar-refractivity contribution in [1.82, 2.24) is 4.98 Å². The monoisotopic (exact) mass is 247 g/mol. The van der Waals surface area contributed by atoms with Gasteiger partial charge in [-0.1, -0.05) is 37.3 Å². The van der Waals surface area contributed by atoms with Crippen LogP contribution in [0.25, 0.3) is 10.6 Å². The number of carboxylic acids is 1. The van der Waals surface area contributed by atoms with E-state index < -0.39 is 5.97 Å². The molecule has 0 fully saturated rings. The molecular formula is C13H13NO2S. The Labute approximate surface area is 104 Å². The molecule has 0 saturated carbocycles. The highest BCUT2D eigenvalue weighted by molar-refractivity contribution is 7.15. The van der Waals surface area contributed by atoms with Crippen LogP contribution in [0.3, 0.4) is 0 Å². The highest BCUT2D eigenvalue weighted by Gasteiger charge is 2.13. The molecule has 0 unspecified atom stereocenters. The lowest BCUT2D eigenvalue weighted by atomic mass is 10.2. The number of carbonyl (C=O) groups is 1. The zero-order chi connectivity index (χ0) is 12.3. The van der Waals surface area contributed by atoms with Gasteiger partial charge < -0.3 is 5.11 Å². The zero-order valence-electron chi connectivity index (χ0n) is 9.51. The molecule has 0 bridgehead atoms. The third-order valence-electron chi connectivity index (χ3n) is 2.44. The van der Waals surface area contributed by atoms with Crippen molar-refractivity contribution in [3.63, 3.8) is 0 Å². The summed E-state index contributed by atoms with van der Waals surface area (Å²) in [6.07, 6.45) is 0.833. The molecule has 0 aliphatic heterocycles. The van der Waals surface area contributed by atoms with E-state index in [2.05, 4.69) is 4.98 Å². The predicted molar refractivity (Wildman–Crippen MR) is 68.3 cm³/mol. The van der Waals surface area contributed by atoms with Crippen molar-refractivity contribution in [3.8, 4) is 10.6 Å². The van der Waals surface area contributed by atoms with Crippen LogP contribution in [0, 0.1) is 0 Å². The summed E-state index contributed by atoms with van der Waals surface area (Å²) in [4.78, 5) is 16.2. The maximum absolute atomic E-state index is 10.7. The molecule has 2 rings (SSSR count). The molecule has 3 nitrogen and oxygen atoms in total. The fourth-order valence-electron chi connectivity index (χ4n) is 1.65. The molecule has 0 aliphatic carbocycles. The first-order valence-corrected chi connectivity index (χ1v) is 6.28. The summed E-state index contributed by atoms with van der Waals surface area (Å²) in [5.41, 5.74) is 1.74. The minimum Gasteiger partial charge on any atom is -0.481 e. The van der Waals surface area contributed by atoms with E-state index in [-0.39, 0.29) is 6.42 Å². The normalized spacial score (nSPS) is 10.4. The molecule has 1 aromatic heterocycles. The molecule has 4 heteroatoms. The van der Waals surface area contributed by atoms with Crippen LogP contribution >= 0.6 is 11.3 Å². The van der Waals surface area contributed by atoms with Crippen molar-refractivity contribution in [2.45, 2.75) is 19.8 Å². The van der Waals surface area contributed by atoms with Crippen molar-refractivity contribution in [3.05, 3.63) is 40.9 Å². The van der Waals surface area contributed by atoms with E-state index in [0.29, 0.717) is 5.69 Å². The third kappa shape index (κ3) is 2.71. The summed E-state index contributed by atoms with van der Waals surface area (Å²) in [6, 6.07) is 9.85.